The molecule has 0 atom stereocenters. The molecule has 0 bridgehead atoms. The standard InChI is InChI=1S/C15H20F3N3/c16-15(17,18)12-5-4-8-20-13(12)21-10-9-19-11-14(21)6-2-1-3-7-14/h4-5,8,19H,1-3,6-7,9-11H2. The Labute approximate surface area is 122 Å². The van der Waals surface area contributed by atoms with Crippen molar-refractivity contribution in [3.63, 3.8) is 0 Å². The Morgan fingerprint density at radius 1 is 1.19 bits per heavy atom. The molecule has 1 aromatic heterocycles. The van der Waals surface area contributed by atoms with Crippen LogP contribution in [0.3, 0.4) is 0 Å². The molecule has 21 heavy (non-hydrogen) atoms. The highest BCUT2D eigenvalue weighted by Crippen LogP contribution is 2.42. The van der Waals surface area contributed by atoms with E-state index in [-0.39, 0.29) is 11.4 Å². The Bertz CT molecular complexity index is 487. The van der Waals surface area contributed by atoms with E-state index in [1.165, 1.54) is 18.7 Å². The summed E-state index contributed by atoms with van der Waals surface area (Å²) in [5.74, 6) is 0.105. The van der Waals surface area contributed by atoms with Crippen molar-refractivity contribution in [2.24, 2.45) is 0 Å². The zero-order chi connectivity index (χ0) is 14.9. The van der Waals surface area contributed by atoms with E-state index in [0.717, 1.165) is 38.3 Å². The van der Waals surface area contributed by atoms with Gasteiger partial charge in [0.25, 0.3) is 0 Å². The molecule has 2 heterocycles. The minimum absolute atomic E-state index is 0.105. The number of halogens is 3. The van der Waals surface area contributed by atoms with Crippen molar-refractivity contribution in [2.45, 2.75) is 43.8 Å². The number of rotatable bonds is 1. The van der Waals surface area contributed by atoms with Gasteiger partial charge in [-0.3, -0.25) is 0 Å². The van der Waals surface area contributed by atoms with Crippen LogP contribution < -0.4 is 10.2 Å². The number of aromatic nitrogens is 1. The normalized spacial score (nSPS) is 22.5. The van der Waals surface area contributed by atoms with Gasteiger partial charge < -0.3 is 10.2 Å². The highest BCUT2D eigenvalue weighted by molar-refractivity contribution is 5.52. The van der Waals surface area contributed by atoms with Gasteiger partial charge in [-0.2, -0.15) is 13.2 Å². The minimum atomic E-state index is -4.36. The monoisotopic (exact) mass is 299 g/mol. The number of nitrogens with one attached hydrogen (secondary N) is 1. The zero-order valence-electron chi connectivity index (χ0n) is 11.9. The first-order valence-corrected chi connectivity index (χ1v) is 7.54. The topological polar surface area (TPSA) is 28.2 Å². The summed E-state index contributed by atoms with van der Waals surface area (Å²) in [7, 11) is 0. The van der Waals surface area contributed by atoms with Crippen LogP contribution >= 0.6 is 0 Å². The van der Waals surface area contributed by atoms with Crippen LogP contribution in [0.25, 0.3) is 0 Å². The van der Waals surface area contributed by atoms with Gasteiger partial charge in [-0.1, -0.05) is 19.3 Å². The molecule has 1 aliphatic carbocycles. The van der Waals surface area contributed by atoms with E-state index >= 15 is 0 Å². The first-order chi connectivity index (χ1) is 10.0. The molecule has 1 aliphatic heterocycles. The van der Waals surface area contributed by atoms with Crippen molar-refractivity contribution in [1.29, 1.82) is 0 Å². The van der Waals surface area contributed by atoms with Crippen molar-refractivity contribution in [3.05, 3.63) is 23.9 Å². The highest BCUT2D eigenvalue weighted by atomic mass is 19.4. The number of pyridine rings is 1. The van der Waals surface area contributed by atoms with Crippen molar-refractivity contribution in [2.75, 3.05) is 24.5 Å². The molecular formula is C15H20F3N3. The molecule has 1 saturated heterocycles. The average molecular weight is 299 g/mol. The van der Waals surface area contributed by atoms with E-state index in [4.69, 9.17) is 0 Å². The molecule has 0 unspecified atom stereocenters. The zero-order valence-corrected chi connectivity index (χ0v) is 11.9. The molecule has 1 saturated carbocycles. The van der Waals surface area contributed by atoms with E-state index in [9.17, 15) is 13.2 Å². The largest absolute Gasteiger partial charge is 0.419 e. The maximum Gasteiger partial charge on any atom is 0.419 e. The van der Waals surface area contributed by atoms with Crippen molar-refractivity contribution in [1.82, 2.24) is 10.3 Å². The van der Waals surface area contributed by atoms with Crippen LogP contribution in [0, 0.1) is 0 Å². The highest BCUT2D eigenvalue weighted by Gasteiger charge is 2.44. The molecule has 2 aliphatic rings. The Morgan fingerprint density at radius 3 is 2.67 bits per heavy atom. The fourth-order valence-electron chi connectivity index (χ4n) is 3.66. The number of hydrogen-bond donors (Lipinski definition) is 1. The average Bonchev–Trinajstić information content (AvgIpc) is 2.48. The number of nitrogens with zero attached hydrogens (tertiary/aromatic N) is 2. The second-order valence-electron chi connectivity index (χ2n) is 5.99. The van der Waals surface area contributed by atoms with E-state index in [1.807, 2.05) is 4.90 Å². The lowest BCUT2D eigenvalue weighted by Crippen LogP contribution is -2.62. The Balaban J connectivity index is 2.01. The number of alkyl halides is 3. The third-order valence-corrected chi connectivity index (χ3v) is 4.67. The molecule has 1 aromatic rings. The van der Waals surface area contributed by atoms with Crippen LogP contribution in [0.1, 0.15) is 37.7 Å². The van der Waals surface area contributed by atoms with E-state index in [2.05, 4.69) is 10.3 Å². The molecule has 2 fully saturated rings. The van der Waals surface area contributed by atoms with Gasteiger partial charge in [-0.05, 0) is 25.0 Å². The van der Waals surface area contributed by atoms with Crippen molar-refractivity contribution >= 4 is 5.82 Å². The lowest BCUT2D eigenvalue weighted by Gasteiger charge is -2.51. The second-order valence-corrected chi connectivity index (χ2v) is 5.99. The maximum absolute atomic E-state index is 13.3. The predicted octanol–water partition coefficient (Wildman–Crippen LogP) is 3.21. The summed E-state index contributed by atoms with van der Waals surface area (Å²) in [5, 5.41) is 3.35. The van der Waals surface area contributed by atoms with Crippen LogP contribution in [0.15, 0.2) is 18.3 Å². The molecule has 1 spiro atoms. The Kier molecular flexibility index (Phi) is 3.82. The molecule has 1 N–H and O–H groups in total. The molecule has 0 amide bonds. The van der Waals surface area contributed by atoms with Gasteiger partial charge in [0.1, 0.15) is 5.82 Å². The van der Waals surface area contributed by atoms with Crippen LogP contribution in [0.4, 0.5) is 19.0 Å². The van der Waals surface area contributed by atoms with Gasteiger partial charge in [0.15, 0.2) is 0 Å². The van der Waals surface area contributed by atoms with Crippen LogP contribution in [0.2, 0.25) is 0 Å². The molecule has 0 radical (unpaired) electrons. The molecule has 3 rings (SSSR count). The van der Waals surface area contributed by atoms with Gasteiger partial charge in [0.05, 0.1) is 11.1 Å². The fourth-order valence-corrected chi connectivity index (χ4v) is 3.66. The van der Waals surface area contributed by atoms with E-state index in [1.54, 1.807) is 0 Å². The Morgan fingerprint density at radius 2 is 1.95 bits per heavy atom. The summed E-state index contributed by atoms with van der Waals surface area (Å²) in [6.45, 7) is 2.04. The lowest BCUT2D eigenvalue weighted by molar-refractivity contribution is -0.137. The van der Waals surface area contributed by atoms with Gasteiger partial charge in [0.2, 0.25) is 0 Å². The molecule has 116 valence electrons. The Hall–Kier alpha value is -1.30. The maximum atomic E-state index is 13.3. The SMILES string of the molecule is FC(F)(F)c1cccnc1N1CCNCC12CCCCC2. The summed E-state index contributed by atoms with van der Waals surface area (Å²) < 4.78 is 39.8. The van der Waals surface area contributed by atoms with Gasteiger partial charge in [-0.15, -0.1) is 0 Å². The summed E-state index contributed by atoms with van der Waals surface area (Å²) >= 11 is 0. The van der Waals surface area contributed by atoms with Crippen molar-refractivity contribution < 1.29 is 13.2 Å². The summed E-state index contributed by atoms with van der Waals surface area (Å²) in [6.07, 6.45) is 2.30. The first kappa shape index (κ1) is 14.6. The van der Waals surface area contributed by atoms with Gasteiger partial charge in [0, 0.05) is 25.8 Å². The first-order valence-electron chi connectivity index (χ1n) is 7.54. The number of anilines is 1. The summed E-state index contributed by atoms with van der Waals surface area (Å²) in [4.78, 5) is 6.02. The molecule has 3 nitrogen and oxygen atoms in total. The molecule has 6 heteroatoms. The minimum Gasteiger partial charge on any atom is -0.348 e. The van der Waals surface area contributed by atoms with Crippen molar-refractivity contribution in [3.8, 4) is 0 Å². The fraction of sp³-hybridized carbons (Fsp3) is 0.667. The summed E-state index contributed by atoms with van der Waals surface area (Å²) in [5.41, 5.74) is -0.818. The van der Waals surface area contributed by atoms with Crippen LogP contribution in [-0.2, 0) is 6.18 Å². The van der Waals surface area contributed by atoms with E-state index < -0.39 is 11.7 Å². The third-order valence-electron chi connectivity index (χ3n) is 4.67. The predicted molar refractivity (Wildman–Crippen MR) is 75.3 cm³/mol. The van der Waals surface area contributed by atoms with Gasteiger partial charge in [-0.25, -0.2) is 4.98 Å². The van der Waals surface area contributed by atoms with E-state index in [0.29, 0.717) is 13.1 Å². The number of hydrogen-bond acceptors (Lipinski definition) is 3. The second kappa shape index (κ2) is 5.48. The van der Waals surface area contributed by atoms with Crippen LogP contribution in [0.5, 0.6) is 0 Å². The smallest absolute Gasteiger partial charge is 0.348 e. The summed E-state index contributed by atoms with van der Waals surface area (Å²) in [6, 6.07) is 2.50. The lowest BCUT2D eigenvalue weighted by atomic mass is 9.79. The molecular weight excluding hydrogens is 279 g/mol. The van der Waals surface area contributed by atoms with Gasteiger partial charge >= 0.3 is 6.18 Å². The molecule has 0 aromatic carbocycles. The van der Waals surface area contributed by atoms with Crippen LogP contribution in [-0.4, -0.2) is 30.2 Å². The quantitative estimate of drug-likeness (QED) is 0.863. The third kappa shape index (κ3) is 2.73. The number of piperazine rings is 1.